The number of carbonyl (C=O) groups excluding carboxylic acids is 1. The van der Waals surface area contributed by atoms with E-state index in [1.54, 1.807) is 0 Å². The maximum atomic E-state index is 10.4. The molecule has 4 nitrogen and oxygen atoms in total. The van der Waals surface area contributed by atoms with Gasteiger partial charge in [-0.05, 0) is 0 Å². The molecule has 0 spiro atoms. The molecule has 0 saturated heterocycles. The molecule has 0 heterocycles. The van der Waals surface area contributed by atoms with Crippen LogP contribution in [0.2, 0.25) is 0 Å². The summed E-state index contributed by atoms with van der Waals surface area (Å²) in [6.07, 6.45) is 0.338. The van der Waals surface area contributed by atoms with Crippen LogP contribution in [0, 0.1) is 0 Å². The topological polar surface area (TPSA) is 47.6 Å². The molecule has 0 aromatic rings. The summed E-state index contributed by atoms with van der Waals surface area (Å²) in [7, 11) is 2.85. The van der Waals surface area contributed by atoms with E-state index >= 15 is 0 Å². The summed E-state index contributed by atoms with van der Waals surface area (Å²) < 4.78 is 4.36. The highest BCUT2D eigenvalue weighted by Crippen LogP contribution is 1.79. The Morgan fingerprint density at radius 1 is 1.56 bits per heavy atom. The maximum Gasteiger partial charge on any atom is 0.306 e. The number of hydrogen-bond donors (Lipinski definition) is 1. The fourth-order valence-corrected chi connectivity index (χ4v) is 0.357. The van der Waals surface area contributed by atoms with Crippen LogP contribution in [0.5, 0.6) is 0 Å². The molecule has 4 heteroatoms. The lowest BCUT2D eigenvalue weighted by atomic mass is 10.4. The lowest BCUT2D eigenvalue weighted by Crippen LogP contribution is -2.17. The van der Waals surface area contributed by atoms with E-state index < -0.39 is 0 Å². The van der Waals surface area contributed by atoms with E-state index in [2.05, 4.69) is 15.1 Å². The molecule has 0 saturated carbocycles. The third-order valence-electron chi connectivity index (χ3n) is 0.803. The van der Waals surface area contributed by atoms with E-state index in [0.29, 0.717) is 13.0 Å². The van der Waals surface area contributed by atoms with E-state index in [1.165, 1.54) is 14.2 Å². The molecule has 0 fully saturated rings. The predicted octanol–water partition coefficient (Wildman–Crippen LogP) is -0.300. The van der Waals surface area contributed by atoms with Crippen LogP contribution in [0.1, 0.15) is 6.42 Å². The fraction of sp³-hybridized carbons (Fsp3) is 0.800. The Balaban J connectivity index is 2.97. The molecule has 0 aromatic heterocycles. The molecule has 0 bridgehead atoms. The number of rotatable bonds is 4. The Kier molecular flexibility index (Phi) is 5.15. The number of ether oxygens (including phenoxy) is 1. The summed E-state index contributed by atoms with van der Waals surface area (Å²) in [6, 6.07) is 0. The molecule has 0 unspecified atom stereocenters. The Morgan fingerprint density at radius 3 is 2.67 bits per heavy atom. The molecule has 0 aliphatic heterocycles. The minimum atomic E-state index is -0.237. The van der Waals surface area contributed by atoms with Crippen LogP contribution >= 0.6 is 0 Å². The molecule has 0 amide bonds. The third kappa shape index (κ3) is 5.26. The molecule has 9 heavy (non-hydrogen) atoms. The van der Waals surface area contributed by atoms with Crippen molar-refractivity contribution in [2.24, 2.45) is 0 Å². The van der Waals surface area contributed by atoms with Gasteiger partial charge in [-0.15, -0.1) is 0 Å². The summed E-state index contributed by atoms with van der Waals surface area (Å²) in [5.41, 5.74) is 2.51. The molecule has 0 aliphatic rings. The second-order valence-electron chi connectivity index (χ2n) is 1.42. The number of hydroxylamine groups is 1. The summed E-state index contributed by atoms with van der Waals surface area (Å²) in [5, 5.41) is 0. The largest absolute Gasteiger partial charge is 0.469 e. The first-order valence-corrected chi connectivity index (χ1v) is 2.64. The lowest BCUT2D eigenvalue weighted by molar-refractivity contribution is -0.140. The van der Waals surface area contributed by atoms with E-state index in [0.717, 1.165) is 0 Å². The minimum Gasteiger partial charge on any atom is -0.469 e. The zero-order chi connectivity index (χ0) is 7.11. The van der Waals surface area contributed by atoms with Crippen LogP contribution in [-0.4, -0.2) is 26.7 Å². The van der Waals surface area contributed by atoms with Gasteiger partial charge < -0.3 is 9.57 Å². The van der Waals surface area contributed by atoms with Crippen molar-refractivity contribution in [3.63, 3.8) is 0 Å². The van der Waals surface area contributed by atoms with Crippen LogP contribution in [0.15, 0.2) is 0 Å². The molecule has 54 valence electrons. The third-order valence-corrected chi connectivity index (χ3v) is 0.803. The van der Waals surface area contributed by atoms with E-state index in [9.17, 15) is 4.79 Å². The summed E-state index contributed by atoms with van der Waals surface area (Å²) in [4.78, 5) is 14.8. The van der Waals surface area contributed by atoms with Gasteiger partial charge in [0, 0.05) is 6.54 Å². The quantitative estimate of drug-likeness (QED) is 0.325. The average Bonchev–Trinajstić information content (AvgIpc) is 1.89. The Hall–Kier alpha value is -0.610. The normalized spacial score (nSPS) is 9.11. The van der Waals surface area contributed by atoms with Gasteiger partial charge in [-0.2, -0.15) is 0 Å². The molecule has 0 aliphatic carbocycles. The highest BCUT2D eigenvalue weighted by molar-refractivity contribution is 5.69. The van der Waals surface area contributed by atoms with Crippen LogP contribution in [0.25, 0.3) is 0 Å². The number of nitrogens with one attached hydrogen (secondary N) is 1. The zero-order valence-corrected chi connectivity index (χ0v) is 5.64. The minimum absolute atomic E-state index is 0.237. The first kappa shape index (κ1) is 8.39. The molecular formula is C5H11NO3. The van der Waals surface area contributed by atoms with Gasteiger partial charge in [-0.1, -0.05) is 0 Å². The summed E-state index contributed by atoms with van der Waals surface area (Å²) in [5.74, 6) is -0.237. The van der Waals surface area contributed by atoms with Gasteiger partial charge in [-0.3, -0.25) is 4.79 Å². The van der Waals surface area contributed by atoms with Crippen molar-refractivity contribution in [2.45, 2.75) is 6.42 Å². The molecule has 0 aromatic carbocycles. The fourth-order valence-electron chi connectivity index (χ4n) is 0.357. The van der Waals surface area contributed by atoms with Crippen molar-refractivity contribution in [1.82, 2.24) is 5.48 Å². The Bertz CT molecular complexity index is 84.3. The van der Waals surface area contributed by atoms with Gasteiger partial charge >= 0.3 is 5.97 Å². The maximum absolute atomic E-state index is 10.4. The molecule has 0 atom stereocenters. The van der Waals surface area contributed by atoms with E-state index in [-0.39, 0.29) is 5.97 Å². The highest BCUT2D eigenvalue weighted by atomic mass is 16.6. The second-order valence-corrected chi connectivity index (χ2v) is 1.42. The van der Waals surface area contributed by atoms with Gasteiger partial charge in [0.05, 0.1) is 20.6 Å². The van der Waals surface area contributed by atoms with Crippen molar-refractivity contribution in [3.05, 3.63) is 0 Å². The SMILES string of the molecule is CONCCC(=O)OC. The second kappa shape index (κ2) is 5.53. The number of hydrogen-bond acceptors (Lipinski definition) is 4. The van der Waals surface area contributed by atoms with E-state index in [4.69, 9.17) is 0 Å². The van der Waals surface area contributed by atoms with Crippen molar-refractivity contribution in [2.75, 3.05) is 20.8 Å². The van der Waals surface area contributed by atoms with Crippen molar-refractivity contribution in [1.29, 1.82) is 0 Å². The monoisotopic (exact) mass is 133 g/mol. The van der Waals surface area contributed by atoms with Crippen LogP contribution < -0.4 is 5.48 Å². The number of methoxy groups -OCH3 is 1. The average molecular weight is 133 g/mol. The van der Waals surface area contributed by atoms with E-state index in [1.807, 2.05) is 0 Å². The first-order chi connectivity index (χ1) is 4.31. The van der Waals surface area contributed by atoms with Gasteiger partial charge in [-0.25, -0.2) is 5.48 Å². The van der Waals surface area contributed by atoms with Crippen molar-refractivity contribution >= 4 is 5.97 Å². The molecule has 0 radical (unpaired) electrons. The van der Waals surface area contributed by atoms with Crippen LogP contribution in [-0.2, 0) is 14.4 Å². The van der Waals surface area contributed by atoms with Crippen LogP contribution in [0.3, 0.4) is 0 Å². The number of carbonyl (C=O) groups is 1. The van der Waals surface area contributed by atoms with Crippen molar-refractivity contribution in [3.8, 4) is 0 Å². The first-order valence-electron chi connectivity index (χ1n) is 2.64. The lowest BCUT2D eigenvalue weighted by Gasteiger charge is -1.98. The summed E-state index contributed by atoms with van der Waals surface area (Å²) >= 11 is 0. The predicted molar refractivity (Wildman–Crippen MR) is 31.6 cm³/mol. The number of esters is 1. The van der Waals surface area contributed by atoms with Gasteiger partial charge in [0.25, 0.3) is 0 Å². The molecule has 0 rings (SSSR count). The van der Waals surface area contributed by atoms with Gasteiger partial charge in [0.1, 0.15) is 0 Å². The van der Waals surface area contributed by atoms with Crippen molar-refractivity contribution < 1.29 is 14.4 Å². The Morgan fingerprint density at radius 2 is 2.22 bits per heavy atom. The van der Waals surface area contributed by atoms with Gasteiger partial charge in [0.2, 0.25) is 0 Å². The molecule has 1 N–H and O–H groups in total. The standard InChI is InChI=1S/C5H11NO3/c1-8-5(7)3-4-6-9-2/h6H,3-4H2,1-2H3. The zero-order valence-electron chi connectivity index (χ0n) is 5.64. The summed E-state index contributed by atoms with van der Waals surface area (Å²) in [6.45, 7) is 0.489. The van der Waals surface area contributed by atoms with Crippen LogP contribution in [0.4, 0.5) is 0 Å². The molecular weight excluding hydrogens is 122 g/mol. The highest BCUT2D eigenvalue weighted by Gasteiger charge is 1.96. The smallest absolute Gasteiger partial charge is 0.306 e. The van der Waals surface area contributed by atoms with Gasteiger partial charge in [0.15, 0.2) is 0 Å². The Labute approximate surface area is 54.1 Å².